The molecule has 2 aromatic heterocycles. The smallest absolute Gasteiger partial charge is 0.416 e. The van der Waals surface area contributed by atoms with Crippen molar-refractivity contribution in [3.63, 3.8) is 0 Å². The highest BCUT2D eigenvalue weighted by molar-refractivity contribution is 5.55. The van der Waals surface area contributed by atoms with Gasteiger partial charge in [-0.2, -0.15) is 18.2 Å². The van der Waals surface area contributed by atoms with Crippen LogP contribution in [0.3, 0.4) is 0 Å². The highest BCUT2D eigenvalue weighted by atomic mass is 19.4. The number of aryl methyl sites for hydroxylation is 1. The van der Waals surface area contributed by atoms with Crippen LogP contribution in [0.25, 0.3) is 22.8 Å². The fourth-order valence-electron chi connectivity index (χ4n) is 3.09. The number of hydrogen-bond acceptors (Lipinski definition) is 6. The largest absolute Gasteiger partial charge is 0.441 e. The zero-order valence-corrected chi connectivity index (χ0v) is 16.8. The van der Waals surface area contributed by atoms with Gasteiger partial charge in [-0.15, -0.1) is 0 Å². The van der Waals surface area contributed by atoms with Gasteiger partial charge in [0.05, 0.1) is 17.8 Å². The maximum absolute atomic E-state index is 13.0. The molecule has 0 fully saturated rings. The lowest BCUT2D eigenvalue weighted by atomic mass is 10.1. The zero-order valence-electron chi connectivity index (χ0n) is 16.8. The molecular formula is C22H19F3N4O2. The summed E-state index contributed by atoms with van der Waals surface area (Å²) in [5.74, 6) is 1.64. The molecule has 0 N–H and O–H groups in total. The number of alkyl halides is 3. The van der Waals surface area contributed by atoms with E-state index in [2.05, 4.69) is 15.1 Å². The monoisotopic (exact) mass is 428 g/mol. The topological polar surface area (TPSA) is 68.2 Å². The van der Waals surface area contributed by atoms with Crippen molar-refractivity contribution in [1.82, 2.24) is 20.0 Å². The van der Waals surface area contributed by atoms with Crippen molar-refractivity contribution in [2.24, 2.45) is 0 Å². The highest BCUT2D eigenvalue weighted by Crippen LogP contribution is 2.32. The van der Waals surface area contributed by atoms with Gasteiger partial charge in [-0.3, -0.25) is 4.90 Å². The minimum Gasteiger partial charge on any atom is -0.441 e. The van der Waals surface area contributed by atoms with Crippen LogP contribution in [0.5, 0.6) is 0 Å². The molecule has 2 heterocycles. The van der Waals surface area contributed by atoms with Crippen molar-refractivity contribution in [2.75, 3.05) is 7.05 Å². The predicted molar refractivity (Wildman–Crippen MR) is 107 cm³/mol. The summed E-state index contributed by atoms with van der Waals surface area (Å²) in [6.45, 7) is 2.51. The van der Waals surface area contributed by atoms with E-state index in [0.29, 0.717) is 36.3 Å². The zero-order chi connectivity index (χ0) is 22.0. The second-order valence-electron chi connectivity index (χ2n) is 7.15. The average molecular weight is 428 g/mol. The second-order valence-corrected chi connectivity index (χ2v) is 7.15. The number of benzene rings is 2. The van der Waals surface area contributed by atoms with Crippen LogP contribution in [0, 0.1) is 6.92 Å². The SMILES string of the molecule is Cc1oc(-c2cccc(C(F)(F)F)c2)nc1CN(C)Cc1nc(-c2ccccc2)no1. The molecule has 6 nitrogen and oxygen atoms in total. The van der Waals surface area contributed by atoms with Crippen LogP contribution >= 0.6 is 0 Å². The Kier molecular flexibility index (Phi) is 5.60. The first kappa shape index (κ1) is 20.8. The predicted octanol–water partition coefficient (Wildman–Crippen LogP) is 5.35. The standard InChI is InChI=1S/C22H19F3N4O2/c1-14-18(26-21(30-14)16-9-6-10-17(11-16)22(23,24)25)12-29(2)13-19-27-20(28-31-19)15-7-4-3-5-8-15/h3-11H,12-13H2,1-2H3. The van der Waals surface area contributed by atoms with Crippen molar-refractivity contribution >= 4 is 0 Å². The Morgan fingerprint density at radius 1 is 0.935 bits per heavy atom. The van der Waals surface area contributed by atoms with E-state index in [1.807, 2.05) is 42.3 Å². The van der Waals surface area contributed by atoms with Crippen LogP contribution in [-0.2, 0) is 19.3 Å². The molecule has 0 amide bonds. The maximum atomic E-state index is 13.0. The number of oxazole rings is 1. The van der Waals surface area contributed by atoms with Gasteiger partial charge in [-0.05, 0) is 32.2 Å². The van der Waals surface area contributed by atoms with Crippen LogP contribution in [0.15, 0.2) is 63.5 Å². The molecular weight excluding hydrogens is 409 g/mol. The van der Waals surface area contributed by atoms with Gasteiger partial charge in [0.2, 0.25) is 17.6 Å². The van der Waals surface area contributed by atoms with Crippen molar-refractivity contribution in [3.05, 3.63) is 77.5 Å². The summed E-state index contributed by atoms with van der Waals surface area (Å²) in [5, 5.41) is 4.00. The van der Waals surface area contributed by atoms with Crippen molar-refractivity contribution in [2.45, 2.75) is 26.2 Å². The summed E-state index contributed by atoms with van der Waals surface area (Å²) in [4.78, 5) is 10.7. The normalized spacial score (nSPS) is 11.9. The molecule has 4 rings (SSSR count). The third kappa shape index (κ3) is 4.83. The molecule has 0 unspecified atom stereocenters. The van der Waals surface area contributed by atoms with Crippen LogP contribution in [0.2, 0.25) is 0 Å². The molecule has 0 atom stereocenters. The van der Waals surface area contributed by atoms with Crippen LogP contribution < -0.4 is 0 Å². The minimum absolute atomic E-state index is 0.149. The first-order valence-electron chi connectivity index (χ1n) is 9.50. The lowest BCUT2D eigenvalue weighted by molar-refractivity contribution is -0.137. The lowest BCUT2D eigenvalue weighted by Gasteiger charge is -2.12. The van der Waals surface area contributed by atoms with Crippen LogP contribution in [0.1, 0.15) is 22.9 Å². The van der Waals surface area contributed by atoms with E-state index in [1.165, 1.54) is 12.1 Å². The highest BCUT2D eigenvalue weighted by Gasteiger charge is 2.31. The van der Waals surface area contributed by atoms with E-state index in [9.17, 15) is 13.2 Å². The Bertz CT molecular complexity index is 1170. The quantitative estimate of drug-likeness (QED) is 0.412. The van der Waals surface area contributed by atoms with Crippen molar-refractivity contribution < 1.29 is 22.1 Å². The average Bonchev–Trinajstić information content (AvgIpc) is 3.35. The summed E-state index contributed by atoms with van der Waals surface area (Å²) < 4.78 is 49.9. The van der Waals surface area contributed by atoms with Gasteiger partial charge in [0.25, 0.3) is 0 Å². The Hall–Kier alpha value is -3.46. The van der Waals surface area contributed by atoms with Crippen molar-refractivity contribution in [3.8, 4) is 22.8 Å². The molecule has 0 spiro atoms. The Morgan fingerprint density at radius 2 is 1.68 bits per heavy atom. The molecule has 31 heavy (non-hydrogen) atoms. The molecule has 0 aliphatic heterocycles. The molecule has 160 valence electrons. The fraction of sp³-hybridized carbons (Fsp3) is 0.227. The molecule has 0 saturated heterocycles. The van der Waals surface area contributed by atoms with E-state index < -0.39 is 11.7 Å². The first-order chi connectivity index (χ1) is 14.8. The van der Waals surface area contributed by atoms with Gasteiger partial charge >= 0.3 is 6.18 Å². The summed E-state index contributed by atoms with van der Waals surface area (Å²) in [7, 11) is 1.85. The van der Waals surface area contributed by atoms with Gasteiger partial charge < -0.3 is 8.94 Å². The molecule has 4 aromatic rings. The van der Waals surface area contributed by atoms with Gasteiger partial charge in [-0.25, -0.2) is 4.98 Å². The molecule has 9 heteroatoms. The summed E-state index contributed by atoms with van der Waals surface area (Å²) >= 11 is 0. The Balaban J connectivity index is 1.46. The Morgan fingerprint density at radius 3 is 2.42 bits per heavy atom. The molecule has 2 aromatic carbocycles. The number of hydrogen-bond donors (Lipinski definition) is 0. The minimum atomic E-state index is -4.43. The fourth-order valence-corrected chi connectivity index (χ4v) is 3.09. The van der Waals surface area contributed by atoms with E-state index in [0.717, 1.165) is 17.7 Å². The number of halogens is 3. The summed E-state index contributed by atoms with van der Waals surface area (Å²) in [6, 6.07) is 14.4. The number of nitrogens with zero attached hydrogens (tertiary/aromatic N) is 4. The van der Waals surface area contributed by atoms with Crippen LogP contribution in [-0.4, -0.2) is 27.1 Å². The third-order valence-corrected chi connectivity index (χ3v) is 4.65. The van der Waals surface area contributed by atoms with E-state index >= 15 is 0 Å². The van der Waals surface area contributed by atoms with Gasteiger partial charge in [0.1, 0.15) is 5.76 Å². The molecule has 0 aliphatic carbocycles. The summed E-state index contributed by atoms with van der Waals surface area (Å²) in [6.07, 6.45) is -4.43. The molecule has 0 bridgehead atoms. The van der Waals surface area contributed by atoms with Crippen molar-refractivity contribution in [1.29, 1.82) is 0 Å². The van der Waals surface area contributed by atoms with E-state index in [-0.39, 0.29) is 11.5 Å². The molecule has 0 aliphatic rings. The maximum Gasteiger partial charge on any atom is 0.416 e. The Labute approximate surface area is 176 Å². The first-order valence-corrected chi connectivity index (χ1v) is 9.50. The summed E-state index contributed by atoms with van der Waals surface area (Å²) in [5.41, 5.74) is 1.01. The molecule has 0 radical (unpaired) electrons. The lowest BCUT2D eigenvalue weighted by Crippen LogP contribution is -2.18. The second kappa shape index (κ2) is 8.35. The van der Waals surface area contributed by atoms with E-state index in [1.54, 1.807) is 6.92 Å². The van der Waals surface area contributed by atoms with E-state index in [4.69, 9.17) is 8.94 Å². The van der Waals surface area contributed by atoms with Crippen LogP contribution in [0.4, 0.5) is 13.2 Å². The number of rotatable bonds is 6. The molecule has 0 saturated carbocycles. The third-order valence-electron chi connectivity index (χ3n) is 4.65. The van der Waals surface area contributed by atoms with Gasteiger partial charge in [0, 0.05) is 17.7 Å². The number of aromatic nitrogens is 3. The van der Waals surface area contributed by atoms with Gasteiger partial charge in [-0.1, -0.05) is 41.6 Å². The van der Waals surface area contributed by atoms with Gasteiger partial charge in [0.15, 0.2) is 0 Å².